The molecule has 0 aromatic heterocycles. The molecule has 1 saturated carbocycles. The SMILES string of the molecule is C[C@@H](Cl)C(=O)N1C[C@H](CO)C2(CCCC2)C1. The van der Waals surface area contributed by atoms with Gasteiger partial charge in [-0.3, -0.25) is 4.79 Å². The van der Waals surface area contributed by atoms with E-state index in [1.807, 2.05) is 4.90 Å². The van der Waals surface area contributed by atoms with Gasteiger partial charge in [-0.2, -0.15) is 0 Å². The predicted octanol–water partition coefficient (Wildman–Crippen LogP) is 1.62. The molecule has 1 aliphatic carbocycles. The Kier molecular flexibility index (Phi) is 3.45. The molecule has 1 spiro atoms. The van der Waals surface area contributed by atoms with Gasteiger partial charge < -0.3 is 10.0 Å². The van der Waals surface area contributed by atoms with Crippen LogP contribution in [-0.2, 0) is 4.79 Å². The average molecular weight is 246 g/mol. The van der Waals surface area contributed by atoms with Crippen molar-refractivity contribution in [2.75, 3.05) is 19.7 Å². The number of carbonyl (C=O) groups is 1. The standard InChI is InChI=1S/C12H20ClNO2/c1-9(13)11(16)14-6-10(7-15)12(8-14)4-2-3-5-12/h9-10,15H,2-8H2,1H3/t9-,10-/m1/s1. The second-order valence-electron chi connectivity index (χ2n) is 5.28. The smallest absolute Gasteiger partial charge is 0.240 e. The van der Waals surface area contributed by atoms with Crippen LogP contribution >= 0.6 is 11.6 Å². The Labute approximate surface area is 102 Å². The van der Waals surface area contributed by atoms with Crippen molar-refractivity contribution in [1.82, 2.24) is 4.90 Å². The van der Waals surface area contributed by atoms with E-state index in [0.717, 1.165) is 19.4 Å². The van der Waals surface area contributed by atoms with Crippen LogP contribution < -0.4 is 0 Å². The molecule has 1 amide bonds. The van der Waals surface area contributed by atoms with Crippen molar-refractivity contribution in [3.05, 3.63) is 0 Å². The first-order valence-electron chi connectivity index (χ1n) is 6.13. The van der Waals surface area contributed by atoms with Crippen molar-refractivity contribution >= 4 is 17.5 Å². The van der Waals surface area contributed by atoms with Crippen molar-refractivity contribution in [3.8, 4) is 0 Å². The summed E-state index contributed by atoms with van der Waals surface area (Å²) in [5, 5.41) is 9.01. The van der Waals surface area contributed by atoms with E-state index < -0.39 is 5.38 Å². The molecular weight excluding hydrogens is 226 g/mol. The second kappa shape index (κ2) is 4.53. The van der Waals surface area contributed by atoms with E-state index >= 15 is 0 Å². The zero-order chi connectivity index (χ0) is 11.8. The topological polar surface area (TPSA) is 40.5 Å². The van der Waals surface area contributed by atoms with Gasteiger partial charge in [-0.05, 0) is 25.2 Å². The lowest BCUT2D eigenvalue weighted by atomic mass is 9.77. The summed E-state index contributed by atoms with van der Waals surface area (Å²) in [6.07, 6.45) is 4.77. The number of aliphatic hydroxyl groups is 1. The Morgan fingerprint density at radius 3 is 2.69 bits per heavy atom. The van der Waals surface area contributed by atoms with Crippen molar-refractivity contribution in [2.24, 2.45) is 11.3 Å². The molecule has 4 heteroatoms. The van der Waals surface area contributed by atoms with Crippen molar-refractivity contribution in [3.63, 3.8) is 0 Å². The van der Waals surface area contributed by atoms with Crippen LogP contribution in [0.15, 0.2) is 0 Å². The number of hydrogen-bond acceptors (Lipinski definition) is 2. The monoisotopic (exact) mass is 245 g/mol. The maximum absolute atomic E-state index is 11.9. The molecule has 92 valence electrons. The zero-order valence-corrected chi connectivity index (χ0v) is 10.5. The van der Waals surface area contributed by atoms with Crippen LogP contribution in [0.1, 0.15) is 32.6 Å². The second-order valence-corrected chi connectivity index (χ2v) is 5.94. The van der Waals surface area contributed by atoms with Gasteiger partial charge >= 0.3 is 0 Å². The van der Waals surface area contributed by atoms with Crippen molar-refractivity contribution < 1.29 is 9.90 Å². The summed E-state index contributed by atoms with van der Waals surface area (Å²) >= 11 is 5.84. The molecule has 0 aromatic rings. The molecule has 1 saturated heterocycles. The third kappa shape index (κ3) is 1.95. The Balaban J connectivity index is 2.10. The average Bonchev–Trinajstić information content (AvgIpc) is 2.86. The summed E-state index contributed by atoms with van der Waals surface area (Å²) in [6.45, 7) is 3.40. The molecular formula is C12H20ClNO2. The van der Waals surface area contributed by atoms with Gasteiger partial charge in [-0.25, -0.2) is 0 Å². The van der Waals surface area contributed by atoms with Gasteiger partial charge in [0.1, 0.15) is 5.38 Å². The Bertz CT molecular complexity index is 274. The number of hydrogen-bond donors (Lipinski definition) is 1. The molecule has 2 fully saturated rings. The van der Waals surface area contributed by atoms with Gasteiger partial charge in [0.05, 0.1) is 0 Å². The molecule has 2 aliphatic rings. The normalized spacial score (nSPS) is 29.9. The first-order chi connectivity index (χ1) is 7.59. The number of carbonyl (C=O) groups excluding carboxylic acids is 1. The van der Waals surface area contributed by atoms with Gasteiger partial charge in [0.25, 0.3) is 0 Å². The maximum Gasteiger partial charge on any atom is 0.240 e. The molecule has 0 unspecified atom stereocenters. The molecule has 0 aromatic carbocycles. The van der Waals surface area contributed by atoms with Crippen LogP contribution in [0.5, 0.6) is 0 Å². The lowest BCUT2D eigenvalue weighted by Gasteiger charge is -2.28. The molecule has 3 nitrogen and oxygen atoms in total. The van der Waals surface area contributed by atoms with E-state index in [4.69, 9.17) is 11.6 Å². The lowest BCUT2D eigenvalue weighted by Crippen LogP contribution is -2.35. The molecule has 2 rings (SSSR count). The highest BCUT2D eigenvalue weighted by molar-refractivity contribution is 6.30. The highest BCUT2D eigenvalue weighted by Gasteiger charge is 2.49. The minimum absolute atomic E-state index is 0.0175. The number of likely N-dealkylation sites (tertiary alicyclic amines) is 1. The number of halogens is 1. The molecule has 1 aliphatic heterocycles. The summed E-state index contributed by atoms with van der Waals surface area (Å²) in [6, 6.07) is 0. The fourth-order valence-corrected chi connectivity index (χ4v) is 3.49. The quantitative estimate of drug-likeness (QED) is 0.752. The zero-order valence-electron chi connectivity index (χ0n) is 9.79. The van der Waals surface area contributed by atoms with Crippen molar-refractivity contribution in [1.29, 1.82) is 0 Å². The van der Waals surface area contributed by atoms with Crippen LogP contribution in [0.2, 0.25) is 0 Å². The molecule has 16 heavy (non-hydrogen) atoms. The van der Waals surface area contributed by atoms with Gasteiger partial charge in [-0.1, -0.05) is 12.8 Å². The molecule has 0 bridgehead atoms. The van der Waals surface area contributed by atoms with Crippen LogP contribution in [0.3, 0.4) is 0 Å². The Hall–Kier alpha value is -0.280. The third-order valence-corrected chi connectivity index (χ3v) is 4.47. The Morgan fingerprint density at radius 2 is 2.19 bits per heavy atom. The highest BCUT2D eigenvalue weighted by Crippen LogP contribution is 2.48. The van der Waals surface area contributed by atoms with Crippen LogP contribution in [0.25, 0.3) is 0 Å². The molecule has 0 radical (unpaired) electrons. The first-order valence-corrected chi connectivity index (χ1v) is 6.56. The van der Waals surface area contributed by atoms with Gasteiger partial charge in [-0.15, -0.1) is 11.6 Å². The molecule has 2 atom stereocenters. The largest absolute Gasteiger partial charge is 0.396 e. The molecule has 1 heterocycles. The summed E-state index contributed by atoms with van der Waals surface area (Å²) in [4.78, 5) is 13.7. The van der Waals surface area contributed by atoms with E-state index in [-0.39, 0.29) is 23.8 Å². The van der Waals surface area contributed by atoms with E-state index in [1.54, 1.807) is 6.92 Å². The predicted molar refractivity (Wildman–Crippen MR) is 63.4 cm³/mol. The van der Waals surface area contributed by atoms with E-state index in [9.17, 15) is 9.90 Å². The number of alkyl halides is 1. The third-order valence-electron chi connectivity index (χ3n) is 4.28. The number of aliphatic hydroxyl groups excluding tert-OH is 1. The summed E-state index contributed by atoms with van der Waals surface area (Å²) < 4.78 is 0. The highest BCUT2D eigenvalue weighted by atomic mass is 35.5. The van der Waals surface area contributed by atoms with E-state index in [0.29, 0.717) is 6.54 Å². The first kappa shape index (κ1) is 12.2. The fourth-order valence-electron chi connectivity index (χ4n) is 3.35. The number of amides is 1. The Morgan fingerprint density at radius 1 is 1.56 bits per heavy atom. The summed E-state index contributed by atoms with van der Waals surface area (Å²) in [5.41, 5.74) is 0.191. The minimum Gasteiger partial charge on any atom is -0.396 e. The fraction of sp³-hybridized carbons (Fsp3) is 0.917. The van der Waals surface area contributed by atoms with Gasteiger partial charge in [0.2, 0.25) is 5.91 Å². The minimum atomic E-state index is -0.448. The van der Waals surface area contributed by atoms with E-state index in [2.05, 4.69) is 0 Å². The lowest BCUT2D eigenvalue weighted by molar-refractivity contribution is -0.129. The van der Waals surface area contributed by atoms with E-state index in [1.165, 1.54) is 12.8 Å². The summed E-state index contributed by atoms with van der Waals surface area (Å²) in [5.74, 6) is 0.276. The molecule has 1 N–H and O–H groups in total. The summed E-state index contributed by atoms with van der Waals surface area (Å²) in [7, 11) is 0. The number of rotatable bonds is 2. The van der Waals surface area contributed by atoms with Crippen LogP contribution in [0.4, 0.5) is 0 Å². The number of nitrogens with zero attached hydrogens (tertiary/aromatic N) is 1. The maximum atomic E-state index is 11.9. The van der Waals surface area contributed by atoms with Crippen LogP contribution in [-0.4, -0.2) is 41.0 Å². The van der Waals surface area contributed by atoms with Gasteiger partial charge in [0.15, 0.2) is 0 Å². The van der Waals surface area contributed by atoms with Crippen molar-refractivity contribution in [2.45, 2.75) is 38.0 Å². The van der Waals surface area contributed by atoms with Crippen LogP contribution in [0, 0.1) is 11.3 Å². The van der Waals surface area contributed by atoms with Gasteiger partial charge in [0, 0.05) is 25.6 Å².